The molecule has 1 aliphatic carbocycles. The molecule has 26 heavy (non-hydrogen) atoms. The van der Waals surface area contributed by atoms with Gasteiger partial charge in [0.25, 0.3) is 0 Å². The molecule has 0 saturated heterocycles. The smallest absolute Gasteiger partial charge is 0.199 e. The second-order valence-corrected chi connectivity index (χ2v) is 6.67. The summed E-state index contributed by atoms with van der Waals surface area (Å²) in [5.41, 5.74) is 13.9. The van der Waals surface area contributed by atoms with Gasteiger partial charge in [0.15, 0.2) is 5.71 Å². The van der Waals surface area contributed by atoms with E-state index in [1.807, 2.05) is 19.2 Å². The molecular weight excluding hydrogens is 318 g/mol. The quantitative estimate of drug-likeness (QED) is 0.657. The maximum atomic E-state index is 5.89. The lowest BCUT2D eigenvalue weighted by Gasteiger charge is -2.14. The van der Waals surface area contributed by atoms with Gasteiger partial charge in [0.1, 0.15) is 14.1 Å². The summed E-state index contributed by atoms with van der Waals surface area (Å²) in [6, 6.07) is 16.8. The SMILES string of the molecule is CNCc1ccc(C(=C2C=CC(=[N+](C)C)C=C2)c2ccc(N)cc2)cc1. The van der Waals surface area contributed by atoms with Crippen LogP contribution in [0.3, 0.4) is 0 Å². The summed E-state index contributed by atoms with van der Waals surface area (Å²) in [6.45, 7) is 0.870. The van der Waals surface area contributed by atoms with E-state index >= 15 is 0 Å². The van der Waals surface area contributed by atoms with Crippen LogP contribution in [-0.2, 0) is 6.54 Å². The monoisotopic (exact) mass is 344 g/mol. The van der Waals surface area contributed by atoms with Gasteiger partial charge in [-0.15, -0.1) is 0 Å². The van der Waals surface area contributed by atoms with E-state index in [1.54, 1.807) is 0 Å². The van der Waals surface area contributed by atoms with E-state index < -0.39 is 0 Å². The Morgan fingerprint density at radius 3 is 1.88 bits per heavy atom. The van der Waals surface area contributed by atoms with Crippen LogP contribution in [0.1, 0.15) is 16.7 Å². The average molecular weight is 344 g/mol. The van der Waals surface area contributed by atoms with Crippen molar-refractivity contribution in [1.29, 1.82) is 0 Å². The molecule has 0 spiro atoms. The lowest BCUT2D eigenvalue weighted by Crippen LogP contribution is -2.10. The van der Waals surface area contributed by atoms with Crippen molar-refractivity contribution < 1.29 is 4.58 Å². The van der Waals surface area contributed by atoms with Crippen molar-refractivity contribution in [3.8, 4) is 0 Å². The number of hydrogen-bond donors (Lipinski definition) is 2. The molecule has 132 valence electrons. The molecule has 0 fully saturated rings. The first-order chi connectivity index (χ1) is 12.6. The van der Waals surface area contributed by atoms with Crippen LogP contribution >= 0.6 is 0 Å². The van der Waals surface area contributed by atoms with E-state index in [0.29, 0.717) is 0 Å². The first-order valence-corrected chi connectivity index (χ1v) is 8.83. The normalized spacial score (nSPS) is 13.2. The molecule has 0 heterocycles. The number of allylic oxidation sites excluding steroid dienone is 5. The predicted molar refractivity (Wildman–Crippen MR) is 111 cm³/mol. The average Bonchev–Trinajstić information content (AvgIpc) is 2.65. The maximum Gasteiger partial charge on any atom is 0.199 e. The van der Waals surface area contributed by atoms with Crippen molar-refractivity contribution in [1.82, 2.24) is 5.32 Å². The molecule has 0 bridgehead atoms. The highest BCUT2D eigenvalue weighted by Crippen LogP contribution is 2.30. The fraction of sp³-hybridized carbons (Fsp3) is 0.174. The Balaban J connectivity index is 2.10. The molecule has 0 aliphatic heterocycles. The van der Waals surface area contributed by atoms with E-state index in [1.165, 1.54) is 28.0 Å². The Bertz CT molecular complexity index is 873. The van der Waals surface area contributed by atoms with Crippen LogP contribution in [-0.4, -0.2) is 31.4 Å². The maximum absolute atomic E-state index is 5.89. The predicted octanol–water partition coefficient (Wildman–Crippen LogP) is 3.63. The number of nitrogens with zero attached hydrogens (tertiary/aromatic N) is 1. The topological polar surface area (TPSA) is 41.1 Å². The number of rotatable bonds is 4. The standard InChI is InChI=1S/C23H25N3/c1-25-16-17-4-6-18(7-5-17)23(19-8-12-21(24)13-9-19)20-10-14-22(15-11-20)26(2)3/h4-15,24-25H,16H2,1-3H3/p+1. The molecule has 3 N–H and O–H groups in total. The Kier molecular flexibility index (Phi) is 5.49. The summed E-state index contributed by atoms with van der Waals surface area (Å²) >= 11 is 0. The molecule has 0 amide bonds. The molecule has 1 aliphatic rings. The number of anilines is 1. The van der Waals surface area contributed by atoms with Gasteiger partial charge in [-0.1, -0.05) is 36.4 Å². The minimum atomic E-state index is 0.778. The first-order valence-electron chi connectivity index (χ1n) is 8.83. The van der Waals surface area contributed by atoms with Crippen LogP contribution in [0.25, 0.3) is 5.57 Å². The molecule has 3 nitrogen and oxygen atoms in total. The highest BCUT2D eigenvalue weighted by Gasteiger charge is 2.13. The van der Waals surface area contributed by atoms with Gasteiger partial charge in [-0.05, 0) is 59.2 Å². The van der Waals surface area contributed by atoms with Gasteiger partial charge in [-0.25, -0.2) is 4.58 Å². The lowest BCUT2D eigenvalue weighted by atomic mass is 9.90. The van der Waals surface area contributed by atoms with Crippen LogP contribution in [0.15, 0.2) is 78.4 Å². The van der Waals surface area contributed by atoms with Crippen molar-refractivity contribution in [3.05, 3.63) is 95.1 Å². The zero-order valence-corrected chi connectivity index (χ0v) is 15.7. The highest BCUT2D eigenvalue weighted by molar-refractivity contribution is 6.03. The van der Waals surface area contributed by atoms with E-state index in [9.17, 15) is 0 Å². The zero-order chi connectivity index (χ0) is 18.5. The molecule has 2 aromatic carbocycles. The van der Waals surface area contributed by atoms with Crippen molar-refractivity contribution in [3.63, 3.8) is 0 Å². The molecule has 0 atom stereocenters. The Morgan fingerprint density at radius 1 is 0.846 bits per heavy atom. The summed E-state index contributed by atoms with van der Waals surface area (Å²) in [7, 11) is 6.08. The Labute approximate surface area is 155 Å². The largest absolute Gasteiger partial charge is 0.399 e. The summed E-state index contributed by atoms with van der Waals surface area (Å²) < 4.78 is 2.11. The molecule has 3 rings (SSSR count). The van der Waals surface area contributed by atoms with Gasteiger partial charge in [0.2, 0.25) is 0 Å². The lowest BCUT2D eigenvalue weighted by molar-refractivity contribution is -0.462. The van der Waals surface area contributed by atoms with Gasteiger partial charge in [-0.2, -0.15) is 0 Å². The summed E-state index contributed by atoms with van der Waals surface area (Å²) in [5, 5.41) is 3.19. The van der Waals surface area contributed by atoms with Gasteiger partial charge >= 0.3 is 0 Å². The second-order valence-electron chi connectivity index (χ2n) is 6.67. The minimum Gasteiger partial charge on any atom is -0.399 e. The molecule has 0 radical (unpaired) electrons. The van der Waals surface area contributed by atoms with Crippen LogP contribution in [0.4, 0.5) is 5.69 Å². The van der Waals surface area contributed by atoms with Crippen LogP contribution < -0.4 is 11.1 Å². The minimum absolute atomic E-state index is 0.778. The molecule has 0 unspecified atom stereocenters. The van der Waals surface area contributed by atoms with Gasteiger partial charge in [-0.3, -0.25) is 0 Å². The van der Waals surface area contributed by atoms with Crippen molar-refractivity contribution in [2.75, 3.05) is 26.9 Å². The first kappa shape index (κ1) is 17.9. The number of benzene rings is 2. The van der Waals surface area contributed by atoms with Gasteiger partial charge < -0.3 is 11.1 Å². The number of hydrogen-bond acceptors (Lipinski definition) is 2. The third kappa shape index (κ3) is 4.01. The molecule has 2 aromatic rings. The van der Waals surface area contributed by atoms with E-state index in [2.05, 4.69) is 84.7 Å². The fourth-order valence-electron chi connectivity index (χ4n) is 3.07. The van der Waals surface area contributed by atoms with E-state index in [4.69, 9.17) is 5.73 Å². The number of nitrogen functional groups attached to an aromatic ring is 1. The van der Waals surface area contributed by atoms with Crippen LogP contribution in [0.5, 0.6) is 0 Å². The van der Waals surface area contributed by atoms with Gasteiger partial charge in [0.05, 0.1) is 0 Å². The highest BCUT2D eigenvalue weighted by atomic mass is 14.9. The fourth-order valence-corrected chi connectivity index (χ4v) is 3.07. The second kappa shape index (κ2) is 7.98. The molecule has 3 heteroatoms. The Hall–Kier alpha value is -2.91. The number of nitrogens with one attached hydrogen (secondary N) is 1. The zero-order valence-electron chi connectivity index (χ0n) is 15.7. The summed E-state index contributed by atoms with van der Waals surface area (Å²) in [6.07, 6.45) is 8.68. The van der Waals surface area contributed by atoms with Crippen LogP contribution in [0, 0.1) is 0 Å². The third-order valence-electron chi connectivity index (χ3n) is 4.50. The Morgan fingerprint density at radius 2 is 1.38 bits per heavy atom. The summed E-state index contributed by atoms with van der Waals surface area (Å²) in [5.74, 6) is 0. The number of nitrogens with two attached hydrogens (primary N) is 1. The third-order valence-corrected chi connectivity index (χ3v) is 4.50. The molecule has 0 saturated carbocycles. The molecule has 0 aromatic heterocycles. The van der Waals surface area contributed by atoms with E-state index in [-0.39, 0.29) is 0 Å². The van der Waals surface area contributed by atoms with Crippen molar-refractivity contribution in [2.45, 2.75) is 6.54 Å². The van der Waals surface area contributed by atoms with Crippen molar-refractivity contribution >= 4 is 17.0 Å². The van der Waals surface area contributed by atoms with Gasteiger partial charge in [0, 0.05) is 24.4 Å². The van der Waals surface area contributed by atoms with Crippen LogP contribution in [0.2, 0.25) is 0 Å². The summed E-state index contributed by atoms with van der Waals surface area (Å²) in [4.78, 5) is 0. The van der Waals surface area contributed by atoms with E-state index in [0.717, 1.165) is 17.8 Å². The van der Waals surface area contributed by atoms with Crippen molar-refractivity contribution in [2.24, 2.45) is 0 Å². The molecular formula is C23H26N3+.